The van der Waals surface area contributed by atoms with Crippen LogP contribution in [-0.4, -0.2) is 31.7 Å². The number of sulfonamides is 1. The summed E-state index contributed by atoms with van der Waals surface area (Å²) < 4.78 is 66.3. The van der Waals surface area contributed by atoms with E-state index in [2.05, 4.69) is 21.2 Å². The predicted molar refractivity (Wildman–Crippen MR) is 104 cm³/mol. The zero-order valence-corrected chi connectivity index (χ0v) is 17.6. The first kappa shape index (κ1) is 22.7. The van der Waals surface area contributed by atoms with Gasteiger partial charge in [0.25, 0.3) is 0 Å². The molecule has 5 nitrogen and oxygen atoms in total. The summed E-state index contributed by atoms with van der Waals surface area (Å²) in [6.07, 6.45) is -4.73. The van der Waals surface area contributed by atoms with Crippen molar-refractivity contribution in [2.24, 2.45) is 0 Å². The third-order valence-electron chi connectivity index (χ3n) is 3.69. The Balaban J connectivity index is 2.23. The van der Waals surface area contributed by atoms with Crippen LogP contribution in [-0.2, 0) is 21.0 Å². The maximum Gasteiger partial charge on any atom is 0.418 e. The van der Waals surface area contributed by atoms with E-state index in [1.165, 1.54) is 37.3 Å². The van der Waals surface area contributed by atoms with Crippen LogP contribution in [0.1, 0.15) is 12.5 Å². The van der Waals surface area contributed by atoms with Crippen molar-refractivity contribution in [3.05, 3.63) is 57.5 Å². The molecule has 0 aliphatic heterocycles. The molecule has 2 aromatic rings. The molecule has 11 heteroatoms. The van der Waals surface area contributed by atoms with Crippen LogP contribution >= 0.6 is 27.5 Å². The number of rotatable bonds is 6. The summed E-state index contributed by atoms with van der Waals surface area (Å²) in [5, 5.41) is 1.97. The molecule has 152 valence electrons. The average Bonchev–Trinajstić information content (AvgIpc) is 2.60. The topological polar surface area (TPSA) is 66.5 Å². The predicted octanol–water partition coefficient (Wildman–Crippen LogP) is 4.77. The molecule has 2 aromatic carbocycles. The molecule has 0 atom stereocenters. The van der Waals surface area contributed by atoms with Gasteiger partial charge in [-0.15, -0.1) is 0 Å². The number of nitrogens with one attached hydrogen (secondary N) is 1. The fourth-order valence-electron chi connectivity index (χ4n) is 2.33. The van der Waals surface area contributed by atoms with Crippen molar-refractivity contribution in [2.45, 2.75) is 18.0 Å². The third-order valence-corrected chi connectivity index (χ3v) is 6.38. The molecule has 0 spiro atoms. The highest BCUT2D eigenvalue weighted by Gasteiger charge is 2.34. The number of carbonyl (C=O) groups is 1. The van der Waals surface area contributed by atoms with Gasteiger partial charge in [-0.05, 0) is 42.5 Å². The Morgan fingerprint density at radius 3 is 2.32 bits per heavy atom. The van der Waals surface area contributed by atoms with E-state index in [0.29, 0.717) is 10.5 Å². The minimum Gasteiger partial charge on any atom is -0.324 e. The monoisotopic (exact) mass is 498 g/mol. The SMILES string of the molecule is CCN(CC(=O)Nc1ccc(Cl)cc1C(F)(F)F)S(=O)(=O)c1ccc(Br)cc1. The number of anilines is 1. The lowest BCUT2D eigenvalue weighted by Gasteiger charge is -2.21. The van der Waals surface area contributed by atoms with Gasteiger partial charge in [0.15, 0.2) is 0 Å². The molecule has 2 rings (SSSR count). The molecule has 1 N–H and O–H groups in total. The van der Waals surface area contributed by atoms with E-state index in [9.17, 15) is 26.4 Å². The van der Waals surface area contributed by atoms with Crippen LogP contribution < -0.4 is 5.32 Å². The Labute approximate surface area is 173 Å². The van der Waals surface area contributed by atoms with Gasteiger partial charge in [0.1, 0.15) is 0 Å². The Morgan fingerprint density at radius 1 is 1.18 bits per heavy atom. The van der Waals surface area contributed by atoms with Crippen LogP contribution in [0.3, 0.4) is 0 Å². The molecule has 0 heterocycles. The molecule has 28 heavy (non-hydrogen) atoms. The average molecular weight is 500 g/mol. The van der Waals surface area contributed by atoms with E-state index in [0.717, 1.165) is 10.4 Å². The molecule has 0 saturated carbocycles. The minimum atomic E-state index is -4.73. The minimum absolute atomic E-state index is 0.0344. The second-order valence-corrected chi connectivity index (χ2v) is 8.91. The normalized spacial score (nSPS) is 12.2. The quantitative estimate of drug-likeness (QED) is 0.623. The Hall–Kier alpha value is -1.62. The molecule has 0 aromatic heterocycles. The van der Waals surface area contributed by atoms with Crippen molar-refractivity contribution in [1.82, 2.24) is 4.31 Å². The van der Waals surface area contributed by atoms with Crippen LogP contribution in [0.25, 0.3) is 0 Å². The highest BCUT2D eigenvalue weighted by Crippen LogP contribution is 2.36. The molecule has 0 aliphatic carbocycles. The van der Waals surface area contributed by atoms with Crippen molar-refractivity contribution < 1.29 is 26.4 Å². The highest BCUT2D eigenvalue weighted by molar-refractivity contribution is 9.10. The largest absolute Gasteiger partial charge is 0.418 e. The van der Waals surface area contributed by atoms with Gasteiger partial charge >= 0.3 is 6.18 Å². The highest BCUT2D eigenvalue weighted by atomic mass is 79.9. The van der Waals surface area contributed by atoms with Crippen LogP contribution in [0.15, 0.2) is 51.8 Å². The van der Waals surface area contributed by atoms with Gasteiger partial charge in [0.05, 0.1) is 22.7 Å². The summed E-state index contributed by atoms with van der Waals surface area (Å²) in [6.45, 7) is 0.834. The number of nitrogens with zero attached hydrogens (tertiary/aromatic N) is 1. The van der Waals surface area contributed by atoms with Crippen molar-refractivity contribution in [2.75, 3.05) is 18.4 Å². The standard InChI is InChI=1S/C17H15BrClF3N2O3S/c1-2-24(28(26,27)13-6-3-11(18)4-7-13)10-16(25)23-15-8-5-12(19)9-14(15)17(20,21)22/h3-9H,2,10H2,1H3,(H,23,25). The Kier molecular flexibility index (Phi) is 7.13. The lowest BCUT2D eigenvalue weighted by Crippen LogP contribution is -2.38. The van der Waals surface area contributed by atoms with Crippen LogP contribution in [0.2, 0.25) is 5.02 Å². The second kappa shape index (κ2) is 8.81. The van der Waals surface area contributed by atoms with E-state index in [1.807, 2.05) is 0 Å². The molecule has 0 bridgehead atoms. The van der Waals surface area contributed by atoms with Gasteiger partial charge in [-0.25, -0.2) is 8.42 Å². The van der Waals surface area contributed by atoms with E-state index in [-0.39, 0.29) is 16.5 Å². The van der Waals surface area contributed by atoms with Crippen LogP contribution in [0, 0.1) is 0 Å². The molecule has 0 saturated heterocycles. The van der Waals surface area contributed by atoms with Crippen molar-refractivity contribution in [3.8, 4) is 0 Å². The third kappa shape index (κ3) is 5.47. The lowest BCUT2D eigenvalue weighted by atomic mass is 10.1. The van der Waals surface area contributed by atoms with Gasteiger partial charge in [0, 0.05) is 16.0 Å². The zero-order chi connectivity index (χ0) is 21.1. The number of carbonyl (C=O) groups excluding carboxylic acids is 1. The fourth-order valence-corrected chi connectivity index (χ4v) is 4.17. The molecule has 0 fully saturated rings. The Morgan fingerprint density at radius 2 is 1.79 bits per heavy atom. The number of hydrogen-bond acceptors (Lipinski definition) is 3. The van der Waals surface area contributed by atoms with Crippen molar-refractivity contribution in [3.63, 3.8) is 0 Å². The summed E-state index contributed by atoms with van der Waals surface area (Å²) in [6, 6.07) is 8.69. The molecule has 1 amide bonds. The first-order valence-corrected chi connectivity index (χ1v) is 10.5. The maximum atomic E-state index is 13.1. The number of halogens is 5. The number of likely N-dealkylation sites (N-methyl/N-ethyl adjacent to an activating group) is 1. The number of amides is 1. The van der Waals surface area contributed by atoms with Crippen molar-refractivity contribution >= 4 is 49.1 Å². The summed E-state index contributed by atoms with van der Waals surface area (Å²) in [4.78, 5) is 12.2. The molecule has 0 aliphatic rings. The number of hydrogen-bond donors (Lipinski definition) is 1. The van der Waals surface area contributed by atoms with Gasteiger partial charge in [-0.1, -0.05) is 34.5 Å². The van der Waals surface area contributed by atoms with E-state index < -0.39 is 39.9 Å². The summed E-state index contributed by atoms with van der Waals surface area (Å²) >= 11 is 8.80. The van der Waals surface area contributed by atoms with Gasteiger partial charge in [0.2, 0.25) is 15.9 Å². The maximum absolute atomic E-state index is 13.1. The van der Waals surface area contributed by atoms with Gasteiger partial charge < -0.3 is 5.32 Å². The molecule has 0 radical (unpaired) electrons. The summed E-state index contributed by atoms with van der Waals surface area (Å²) in [7, 11) is -3.99. The van der Waals surface area contributed by atoms with Crippen LogP contribution in [0.5, 0.6) is 0 Å². The lowest BCUT2D eigenvalue weighted by molar-refractivity contribution is -0.137. The van der Waals surface area contributed by atoms with Gasteiger partial charge in [-0.2, -0.15) is 17.5 Å². The van der Waals surface area contributed by atoms with E-state index in [1.54, 1.807) is 0 Å². The van der Waals surface area contributed by atoms with Gasteiger partial charge in [-0.3, -0.25) is 4.79 Å². The van der Waals surface area contributed by atoms with Crippen LogP contribution in [0.4, 0.5) is 18.9 Å². The first-order chi connectivity index (χ1) is 12.9. The smallest absolute Gasteiger partial charge is 0.324 e. The second-order valence-electron chi connectivity index (χ2n) is 5.62. The Bertz CT molecular complexity index is 967. The summed E-state index contributed by atoms with van der Waals surface area (Å²) in [5.74, 6) is -0.907. The number of benzene rings is 2. The fraction of sp³-hybridized carbons (Fsp3) is 0.235. The van der Waals surface area contributed by atoms with E-state index >= 15 is 0 Å². The number of alkyl halides is 3. The van der Waals surface area contributed by atoms with Crippen molar-refractivity contribution in [1.29, 1.82) is 0 Å². The summed E-state index contributed by atoms with van der Waals surface area (Å²) in [5.41, 5.74) is -1.62. The molecular formula is C17H15BrClF3N2O3S. The first-order valence-electron chi connectivity index (χ1n) is 7.87. The molecule has 0 unspecified atom stereocenters. The van der Waals surface area contributed by atoms with E-state index in [4.69, 9.17) is 11.6 Å². The zero-order valence-electron chi connectivity index (χ0n) is 14.4. The molecular weight excluding hydrogens is 485 g/mol.